The minimum absolute atomic E-state index is 0.161. The number of hydrogen-bond donors (Lipinski definition) is 2. The van der Waals surface area contributed by atoms with Crippen molar-refractivity contribution in [3.63, 3.8) is 0 Å². The van der Waals surface area contributed by atoms with E-state index >= 15 is 0 Å². The van der Waals surface area contributed by atoms with Crippen LogP contribution >= 0.6 is 0 Å². The van der Waals surface area contributed by atoms with E-state index in [1.165, 1.54) is 0 Å². The summed E-state index contributed by atoms with van der Waals surface area (Å²) >= 11 is 0. The molecule has 70 valence electrons. The molecule has 4 heteroatoms. The molecule has 4 nitrogen and oxygen atoms in total. The van der Waals surface area contributed by atoms with Crippen molar-refractivity contribution in [2.75, 3.05) is 20.1 Å². The van der Waals surface area contributed by atoms with Crippen LogP contribution in [0.4, 0.5) is 0 Å². The van der Waals surface area contributed by atoms with Crippen molar-refractivity contribution < 1.29 is 9.90 Å². The third kappa shape index (κ3) is 2.46. The van der Waals surface area contributed by atoms with Gasteiger partial charge in [-0.1, -0.05) is 0 Å². The summed E-state index contributed by atoms with van der Waals surface area (Å²) in [6, 6.07) is 0.161. The molecule has 3 N–H and O–H groups in total. The highest BCUT2D eigenvalue weighted by Crippen LogP contribution is 2.18. The summed E-state index contributed by atoms with van der Waals surface area (Å²) in [5, 5.41) is 8.47. The maximum absolute atomic E-state index is 10.3. The first-order valence-electron chi connectivity index (χ1n) is 4.25. The molecule has 0 aromatic carbocycles. The number of carbonyl (C=O) groups is 1. The van der Waals surface area contributed by atoms with Gasteiger partial charge in [-0.15, -0.1) is 0 Å². The van der Waals surface area contributed by atoms with E-state index < -0.39 is 5.97 Å². The molecule has 0 aromatic rings. The van der Waals surface area contributed by atoms with Gasteiger partial charge < -0.3 is 15.7 Å². The Hall–Kier alpha value is -0.610. The van der Waals surface area contributed by atoms with Gasteiger partial charge in [0.15, 0.2) is 0 Å². The molecular formula is C8H16N2O2. The van der Waals surface area contributed by atoms with Gasteiger partial charge in [0, 0.05) is 25.6 Å². The van der Waals surface area contributed by atoms with Gasteiger partial charge >= 0.3 is 5.97 Å². The molecule has 1 rings (SSSR count). The Morgan fingerprint density at radius 2 is 2.33 bits per heavy atom. The van der Waals surface area contributed by atoms with Crippen LogP contribution in [0.3, 0.4) is 0 Å². The Labute approximate surface area is 72.3 Å². The van der Waals surface area contributed by atoms with E-state index in [9.17, 15) is 4.79 Å². The molecule has 0 aliphatic carbocycles. The zero-order valence-corrected chi connectivity index (χ0v) is 7.36. The van der Waals surface area contributed by atoms with E-state index in [1.54, 1.807) is 0 Å². The van der Waals surface area contributed by atoms with E-state index in [-0.39, 0.29) is 12.5 Å². The summed E-state index contributed by atoms with van der Waals surface area (Å²) in [6.45, 7) is 1.83. The molecule has 1 heterocycles. The van der Waals surface area contributed by atoms with Crippen molar-refractivity contribution in [2.24, 2.45) is 11.7 Å². The summed E-state index contributed by atoms with van der Waals surface area (Å²) in [6.07, 6.45) is 0.951. The molecule has 1 aliphatic rings. The average molecular weight is 172 g/mol. The van der Waals surface area contributed by atoms with Crippen LogP contribution in [0.15, 0.2) is 0 Å². The molecule has 0 amide bonds. The Morgan fingerprint density at radius 1 is 1.67 bits per heavy atom. The average Bonchev–Trinajstić information content (AvgIpc) is 2.26. The smallest absolute Gasteiger partial charge is 0.303 e. The first-order chi connectivity index (χ1) is 5.59. The number of carboxylic acids is 1. The lowest BCUT2D eigenvalue weighted by Crippen LogP contribution is -2.29. The zero-order chi connectivity index (χ0) is 9.14. The summed E-state index contributed by atoms with van der Waals surface area (Å²) in [5.74, 6) is -0.358. The molecule has 0 spiro atoms. The Kier molecular flexibility index (Phi) is 3.05. The van der Waals surface area contributed by atoms with Gasteiger partial charge in [0.05, 0.1) is 0 Å². The summed E-state index contributed by atoms with van der Waals surface area (Å²) in [7, 11) is 2.01. The highest BCUT2D eigenvalue weighted by molar-refractivity contribution is 5.66. The number of rotatable bonds is 3. The lowest BCUT2D eigenvalue weighted by molar-refractivity contribution is -0.137. The molecule has 0 saturated carbocycles. The van der Waals surface area contributed by atoms with Crippen LogP contribution < -0.4 is 5.73 Å². The van der Waals surface area contributed by atoms with Crippen molar-refractivity contribution in [1.29, 1.82) is 0 Å². The van der Waals surface area contributed by atoms with Gasteiger partial charge in [-0.05, 0) is 19.4 Å². The van der Waals surface area contributed by atoms with Crippen LogP contribution in [0.5, 0.6) is 0 Å². The highest BCUT2D eigenvalue weighted by Gasteiger charge is 2.27. The van der Waals surface area contributed by atoms with Crippen molar-refractivity contribution in [1.82, 2.24) is 4.90 Å². The van der Waals surface area contributed by atoms with E-state index in [2.05, 4.69) is 4.90 Å². The molecule has 12 heavy (non-hydrogen) atoms. The quantitative estimate of drug-likeness (QED) is 0.615. The number of carboxylic acid groups (broad SMARTS) is 1. The third-order valence-corrected chi connectivity index (χ3v) is 2.40. The fourth-order valence-electron chi connectivity index (χ4n) is 1.73. The Morgan fingerprint density at radius 3 is 2.75 bits per heavy atom. The fourth-order valence-corrected chi connectivity index (χ4v) is 1.73. The second kappa shape index (κ2) is 3.87. The molecule has 1 fully saturated rings. The predicted octanol–water partition coefficient (Wildman–Crippen LogP) is -0.260. The number of nitrogens with two attached hydrogens (primary N) is 1. The zero-order valence-electron chi connectivity index (χ0n) is 7.36. The van der Waals surface area contributed by atoms with Gasteiger partial charge in [0.25, 0.3) is 0 Å². The van der Waals surface area contributed by atoms with Gasteiger partial charge in [-0.3, -0.25) is 4.79 Å². The molecular weight excluding hydrogens is 156 g/mol. The molecule has 0 aromatic heterocycles. The highest BCUT2D eigenvalue weighted by atomic mass is 16.4. The molecule has 0 radical (unpaired) electrons. The van der Waals surface area contributed by atoms with Crippen molar-refractivity contribution in [3.8, 4) is 0 Å². The van der Waals surface area contributed by atoms with Crippen LogP contribution in [0.25, 0.3) is 0 Å². The number of likely N-dealkylation sites (N-methyl/N-ethyl adjacent to an activating group) is 1. The molecule has 1 aliphatic heterocycles. The fraction of sp³-hybridized carbons (Fsp3) is 0.875. The number of likely N-dealkylation sites (tertiary alicyclic amines) is 1. The van der Waals surface area contributed by atoms with Crippen LogP contribution in [-0.2, 0) is 4.79 Å². The summed E-state index contributed by atoms with van der Waals surface area (Å²) in [4.78, 5) is 12.4. The van der Waals surface area contributed by atoms with Crippen molar-refractivity contribution in [3.05, 3.63) is 0 Å². The first kappa shape index (κ1) is 9.48. The van der Waals surface area contributed by atoms with Gasteiger partial charge in [-0.2, -0.15) is 0 Å². The number of nitrogens with zero attached hydrogens (tertiary/aromatic N) is 1. The predicted molar refractivity (Wildman–Crippen MR) is 45.8 cm³/mol. The lowest BCUT2D eigenvalue weighted by atomic mass is 9.99. The van der Waals surface area contributed by atoms with Crippen LogP contribution in [-0.4, -0.2) is 42.2 Å². The van der Waals surface area contributed by atoms with Crippen LogP contribution in [0.2, 0.25) is 0 Å². The minimum atomic E-state index is -0.725. The van der Waals surface area contributed by atoms with E-state index in [0.717, 1.165) is 13.1 Å². The molecule has 0 bridgehead atoms. The molecule has 2 atom stereocenters. The number of aliphatic carboxylic acids is 1. The largest absolute Gasteiger partial charge is 0.481 e. The SMILES string of the molecule is CN1C[C@H](CCC(=O)O)[C@@H](N)C1. The third-order valence-electron chi connectivity index (χ3n) is 2.40. The maximum atomic E-state index is 10.3. The van der Waals surface area contributed by atoms with Crippen LogP contribution in [0.1, 0.15) is 12.8 Å². The van der Waals surface area contributed by atoms with Gasteiger partial charge in [0.2, 0.25) is 0 Å². The topological polar surface area (TPSA) is 66.6 Å². The maximum Gasteiger partial charge on any atom is 0.303 e. The summed E-state index contributed by atoms with van der Waals surface area (Å²) < 4.78 is 0. The molecule has 0 unspecified atom stereocenters. The van der Waals surface area contributed by atoms with Gasteiger partial charge in [-0.25, -0.2) is 0 Å². The Balaban J connectivity index is 2.28. The monoisotopic (exact) mass is 172 g/mol. The van der Waals surface area contributed by atoms with Gasteiger partial charge in [0.1, 0.15) is 0 Å². The van der Waals surface area contributed by atoms with E-state index in [1.807, 2.05) is 7.05 Å². The van der Waals surface area contributed by atoms with Crippen LogP contribution in [0, 0.1) is 5.92 Å². The van der Waals surface area contributed by atoms with Crippen molar-refractivity contribution >= 4 is 5.97 Å². The lowest BCUT2D eigenvalue weighted by Gasteiger charge is -2.11. The van der Waals surface area contributed by atoms with Crippen molar-refractivity contribution in [2.45, 2.75) is 18.9 Å². The number of hydrogen-bond acceptors (Lipinski definition) is 3. The minimum Gasteiger partial charge on any atom is -0.481 e. The summed E-state index contributed by atoms with van der Waals surface area (Å²) in [5.41, 5.74) is 5.82. The van der Waals surface area contributed by atoms with E-state index in [0.29, 0.717) is 12.3 Å². The normalized spacial score (nSPS) is 30.8. The standard InChI is InChI=1S/C8H16N2O2/c1-10-4-6(7(9)5-10)2-3-8(11)12/h6-7H,2-5,9H2,1H3,(H,11,12)/t6-,7-/m0/s1. The first-order valence-corrected chi connectivity index (χ1v) is 4.25. The second-order valence-corrected chi connectivity index (χ2v) is 3.58. The second-order valence-electron chi connectivity index (χ2n) is 3.58. The Bertz CT molecular complexity index is 172. The van der Waals surface area contributed by atoms with E-state index in [4.69, 9.17) is 10.8 Å². The molecule has 1 saturated heterocycles.